The molecule has 0 unspecified atom stereocenters. The van der Waals surface area contributed by atoms with Crippen LogP contribution in [0.5, 0.6) is 0 Å². The van der Waals surface area contributed by atoms with E-state index in [0.717, 1.165) is 55.7 Å². The Bertz CT molecular complexity index is 614. The Morgan fingerprint density at radius 3 is 2.71 bits per heavy atom. The first-order valence-corrected chi connectivity index (χ1v) is 7.84. The molecule has 0 aliphatic carbocycles. The van der Waals surface area contributed by atoms with Gasteiger partial charge in [0.15, 0.2) is 5.82 Å². The first-order valence-electron chi connectivity index (χ1n) is 7.84. The second kappa shape index (κ2) is 5.97. The maximum Gasteiger partial charge on any atom is 0.254 e. The maximum absolute atomic E-state index is 4.68. The molecule has 0 saturated carbocycles. The lowest BCUT2D eigenvalue weighted by Crippen LogP contribution is -2.22. The van der Waals surface area contributed by atoms with Crippen LogP contribution in [0.3, 0.4) is 0 Å². The van der Waals surface area contributed by atoms with Crippen molar-refractivity contribution in [1.82, 2.24) is 24.5 Å². The van der Waals surface area contributed by atoms with Crippen molar-refractivity contribution in [2.24, 2.45) is 0 Å². The Morgan fingerprint density at radius 2 is 2.00 bits per heavy atom. The zero-order chi connectivity index (χ0) is 14.8. The third kappa shape index (κ3) is 3.00. The van der Waals surface area contributed by atoms with E-state index < -0.39 is 0 Å². The van der Waals surface area contributed by atoms with Crippen molar-refractivity contribution in [3.63, 3.8) is 0 Å². The van der Waals surface area contributed by atoms with E-state index in [1.165, 1.54) is 12.8 Å². The molecule has 0 spiro atoms. The molecule has 3 heterocycles. The number of aryl methyl sites for hydroxylation is 1. The predicted molar refractivity (Wildman–Crippen MR) is 83.6 cm³/mol. The van der Waals surface area contributed by atoms with Gasteiger partial charge in [-0.3, -0.25) is 4.90 Å². The molecule has 1 saturated heterocycles. The summed E-state index contributed by atoms with van der Waals surface area (Å²) in [5.74, 6) is 2.70. The van der Waals surface area contributed by atoms with Crippen molar-refractivity contribution in [3.8, 4) is 0 Å². The molecule has 0 radical (unpaired) electrons. The van der Waals surface area contributed by atoms with E-state index in [4.69, 9.17) is 0 Å². The molecule has 1 aliphatic heterocycles. The topological polar surface area (TPSA) is 49.6 Å². The highest BCUT2D eigenvalue weighted by atomic mass is 15.4. The van der Waals surface area contributed by atoms with Crippen molar-refractivity contribution in [3.05, 3.63) is 17.6 Å². The summed E-state index contributed by atoms with van der Waals surface area (Å²) in [4.78, 5) is 13.8. The van der Waals surface area contributed by atoms with E-state index in [1.54, 1.807) is 0 Å². The summed E-state index contributed by atoms with van der Waals surface area (Å²) in [6, 6.07) is 2.12. The fourth-order valence-corrected chi connectivity index (χ4v) is 2.95. The van der Waals surface area contributed by atoms with Gasteiger partial charge in [0.05, 0.1) is 6.54 Å². The molecule has 0 atom stereocenters. The van der Waals surface area contributed by atoms with Crippen LogP contribution in [0.2, 0.25) is 0 Å². The van der Waals surface area contributed by atoms with Gasteiger partial charge < -0.3 is 4.90 Å². The van der Waals surface area contributed by atoms with Gasteiger partial charge in [-0.25, -0.2) is 4.98 Å². The normalized spacial score (nSPS) is 15.5. The summed E-state index contributed by atoms with van der Waals surface area (Å²) in [5, 5.41) is 4.68. The van der Waals surface area contributed by atoms with Gasteiger partial charge in [0.25, 0.3) is 5.78 Å². The van der Waals surface area contributed by atoms with Crippen LogP contribution in [-0.2, 0) is 6.54 Å². The fraction of sp³-hybridized carbons (Fsp3) is 0.667. The number of anilines is 1. The van der Waals surface area contributed by atoms with Crippen LogP contribution in [0.1, 0.15) is 37.7 Å². The molecule has 3 rings (SSSR count). The molecule has 1 aliphatic rings. The smallest absolute Gasteiger partial charge is 0.254 e. The van der Waals surface area contributed by atoms with Crippen LogP contribution in [0, 0.1) is 6.92 Å². The van der Waals surface area contributed by atoms with Crippen LogP contribution in [0.4, 0.5) is 5.82 Å². The third-order valence-electron chi connectivity index (χ3n) is 3.91. The lowest BCUT2D eigenvalue weighted by Gasteiger charge is -2.18. The largest absolute Gasteiger partial charge is 0.356 e. The summed E-state index contributed by atoms with van der Waals surface area (Å²) in [5.41, 5.74) is 1.00. The molecular weight excluding hydrogens is 264 g/mol. The summed E-state index contributed by atoms with van der Waals surface area (Å²) in [6.45, 7) is 8.24. The van der Waals surface area contributed by atoms with Gasteiger partial charge in [0.2, 0.25) is 0 Å². The zero-order valence-electron chi connectivity index (χ0n) is 13.2. The molecule has 0 N–H and O–H groups in total. The molecule has 2 aromatic rings. The van der Waals surface area contributed by atoms with E-state index in [9.17, 15) is 0 Å². The van der Waals surface area contributed by atoms with Gasteiger partial charge in [-0.1, -0.05) is 6.92 Å². The lowest BCUT2D eigenvalue weighted by atomic mass is 10.4. The quantitative estimate of drug-likeness (QED) is 0.840. The minimum absolute atomic E-state index is 0.719. The van der Waals surface area contributed by atoms with Crippen molar-refractivity contribution < 1.29 is 0 Å². The highest BCUT2D eigenvalue weighted by Crippen LogP contribution is 2.21. The van der Waals surface area contributed by atoms with Gasteiger partial charge in [0, 0.05) is 24.8 Å². The average molecular weight is 288 g/mol. The van der Waals surface area contributed by atoms with Crippen molar-refractivity contribution in [2.75, 3.05) is 31.6 Å². The predicted octanol–water partition coefficient (Wildman–Crippen LogP) is 1.87. The third-order valence-corrected chi connectivity index (χ3v) is 3.91. The Morgan fingerprint density at radius 1 is 1.24 bits per heavy atom. The van der Waals surface area contributed by atoms with E-state index in [-0.39, 0.29) is 0 Å². The monoisotopic (exact) mass is 288 g/mol. The summed E-state index contributed by atoms with van der Waals surface area (Å²) >= 11 is 0. The van der Waals surface area contributed by atoms with E-state index in [1.807, 2.05) is 11.4 Å². The highest BCUT2D eigenvalue weighted by Gasteiger charge is 2.18. The molecule has 0 aromatic carbocycles. The van der Waals surface area contributed by atoms with Gasteiger partial charge in [0.1, 0.15) is 5.82 Å². The maximum atomic E-state index is 4.68. The van der Waals surface area contributed by atoms with Gasteiger partial charge in [-0.05, 0) is 39.8 Å². The molecule has 6 nitrogen and oxygen atoms in total. The first kappa shape index (κ1) is 14.3. The molecule has 2 aromatic heterocycles. The van der Waals surface area contributed by atoms with E-state index in [0.29, 0.717) is 0 Å². The Hall–Kier alpha value is -1.69. The Labute approximate surface area is 125 Å². The molecule has 0 bridgehead atoms. The summed E-state index contributed by atoms with van der Waals surface area (Å²) in [7, 11) is 2.11. The van der Waals surface area contributed by atoms with Crippen LogP contribution in [-0.4, -0.2) is 51.2 Å². The molecular formula is C15H24N6. The number of hydrogen-bond acceptors (Lipinski definition) is 5. The van der Waals surface area contributed by atoms with E-state index >= 15 is 0 Å². The number of fused-ring (bicyclic) bond motifs is 1. The van der Waals surface area contributed by atoms with Crippen LogP contribution in [0.15, 0.2) is 6.07 Å². The van der Waals surface area contributed by atoms with Crippen molar-refractivity contribution in [2.45, 2.75) is 39.7 Å². The Kier molecular flexibility index (Phi) is 4.05. The number of rotatable bonds is 5. The summed E-state index contributed by atoms with van der Waals surface area (Å²) < 4.78 is 1.91. The van der Waals surface area contributed by atoms with Crippen LogP contribution < -0.4 is 4.90 Å². The Balaban J connectivity index is 1.94. The second-order valence-corrected chi connectivity index (χ2v) is 5.93. The fourth-order valence-electron chi connectivity index (χ4n) is 2.95. The average Bonchev–Trinajstić information content (AvgIpc) is 3.06. The number of nitrogens with zero attached hydrogens (tertiary/aromatic N) is 6. The minimum Gasteiger partial charge on any atom is -0.356 e. The molecule has 0 amide bonds. The van der Waals surface area contributed by atoms with Crippen LogP contribution >= 0.6 is 0 Å². The van der Waals surface area contributed by atoms with Gasteiger partial charge in [-0.15, -0.1) is 5.10 Å². The zero-order valence-corrected chi connectivity index (χ0v) is 13.2. The minimum atomic E-state index is 0.719. The van der Waals surface area contributed by atoms with Gasteiger partial charge in [-0.2, -0.15) is 9.50 Å². The summed E-state index contributed by atoms with van der Waals surface area (Å²) in [6.07, 6.45) is 3.65. The molecule has 114 valence electrons. The number of aromatic nitrogens is 4. The van der Waals surface area contributed by atoms with Crippen molar-refractivity contribution >= 4 is 11.6 Å². The molecule has 6 heteroatoms. The SMILES string of the molecule is CCCN(C)Cc1nc2nc(C)cc(N3CCCC3)n2n1. The number of hydrogen-bond donors (Lipinski definition) is 0. The second-order valence-electron chi connectivity index (χ2n) is 5.93. The molecule has 1 fully saturated rings. The van der Waals surface area contributed by atoms with Gasteiger partial charge >= 0.3 is 0 Å². The highest BCUT2D eigenvalue weighted by molar-refractivity contribution is 5.48. The molecule has 21 heavy (non-hydrogen) atoms. The van der Waals surface area contributed by atoms with E-state index in [2.05, 4.69) is 44.9 Å². The van der Waals surface area contributed by atoms with Crippen LogP contribution in [0.25, 0.3) is 5.78 Å². The first-order chi connectivity index (χ1) is 10.2. The lowest BCUT2D eigenvalue weighted by molar-refractivity contribution is 0.319. The van der Waals surface area contributed by atoms with Crippen molar-refractivity contribution in [1.29, 1.82) is 0 Å². The standard InChI is InChI=1S/C15H24N6/c1-4-7-19(3)11-13-17-15-16-12(2)10-14(21(15)18-13)20-8-5-6-9-20/h10H,4-9,11H2,1-3H3.